The number of aryl methyl sites for hydroxylation is 1. The van der Waals surface area contributed by atoms with Crippen LogP contribution < -0.4 is 20.3 Å². The summed E-state index contributed by atoms with van der Waals surface area (Å²) in [5, 5.41) is 5.71. The van der Waals surface area contributed by atoms with Gasteiger partial charge in [-0.15, -0.1) is 0 Å². The van der Waals surface area contributed by atoms with E-state index in [1.807, 2.05) is 39.0 Å². The maximum absolute atomic E-state index is 12.4. The van der Waals surface area contributed by atoms with Crippen LogP contribution in [-0.2, 0) is 14.4 Å². The number of carbonyl (C=O) groups is 3. The van der Waals surface area contributed by atoms with Crippen LogP contribution in [0.5, 0.6) is 5.75 Å². The Balaban J connectivity index is 1.53. The maximum Gasteiger partial charge on any atom is 0.262 e. The average Bonchev–Trinajstić information content (AvgIpc) is 3.16. The van der Waals surface area contributed by atoms with Gasteiger partial charge in [-0.2, -0.15) is 0 Å². The lowest BCUT2D eigenvalue weighted by molar-refractivity contribution is -0.126. The number of hydrogen-bond donors (Lipinski definition) is 2. The second-order valence-electron chi connectivity index (χ2n) is 7.77. The minimum atomic E-state index is -0.330. The molecule has 31 heavy (non-hydrogen) atoms. The minimum Gasteiger partial charge on any atom is -0.484 e. The lowest BCUT2D eigenvalue weighted by Crippen LogP contribution is -2.33. The Morgan fingerprint density at radius 3 is 2.58 bits per heavy atom. The van der Waals surface area contributed by atoms with E-state index in [1.54, 1.807) is 29.2 Å². The van der Waals surface area contributed by atoms with Crippen LogP contribution in [0, 0.1) is 19.8 Å². The van der Waals surface area contributed by atoms with Crippen molar-refractivity contribution in [1.29, 1.82) is 0 Å². The van der Waals surface area contributed by atoms with Crippen molar-refractivity contribution >= 4 is 29.1 Å². The first-order valence-electron chi connectivity index (χ1n) is 10.6. The normalized spacial score (nSPS) is 15.6. The third-order valence-electron chi connectivity index (χ3n) is 5.44. The van der Waals surface area contributed by atoms with E-state index in [2.05, 4.69) is 10.6 Å². The molecule has 1 aliphatic rings. The van der Waals surface area contributed by atoms with Gasteiger partial charge in [-0.3, -0.25) is 14.4 Å². The van der Waals surface area contributed by atoms with Crippen LogP contribution in [0.25, 0.3) is 0 Å². The fourth-order valence-corrected chi connectivity index (χ4v) is 3.47. The molecule has 2 N–H and O–H groups in total. The number of nitrogens with zero attached hydrogens (tertiary/aromatic N) is 1. The number of anilines is 2. The first kappa shape index (κ1) is 22.3. The van der Waals surface area contributed by atoms with Crippen LogP contribution in [0.3, 0.4) is 0 Å². The highest BCUT2D eigenvalue weighted by atomic mass is 16.5. The van der Waals surface area contributed by atoms with Gasteiger partial charge in [0.1, 0.15) is 5.75 Å². The van der Waals surface area contributed by atoms with Gasteiger partial charge in [0.15, 0.2) is 6.61 Å². The summed E-state index contributed by atoms with van der Waals surface area (Å²) >= 11 is 0. The van der Waals surface area contributed by atoms with Crippen molar-refractivity contribution in [2.45, 2.75) is 33.6 Å². The molecule has 7 heteroatoms. The lowest BCUT2D eigenvalue weighted by Gasteiger charge is -2.17. The minimum absolute atomic E-state index is 0.0711. The van der Waals surface area contributed by atoms with E-state index in [0.717, 1.165) is 23.2 Å². The molecule has 164 valence electrons. The van der Waals surface area contributed by atoms with Crippen molar-refractivity contribution in [1.82, 2.24) is 5.32 Å². The molecule has 0 saturated carbocycles. The molecule has 0 aliphatic carbocycles. The van der Waals surface area contributed by atoms with Gasteiger partial charge in [-0.25, -0.2) is 0 Å². The molecule has 7 nitrogen and oxygen atoms in total. The Morgan fingerprint density at radius 1 is 1.13 bits per heavy atom. The van der Waals surface area contributed by atoms with Crippen LogP contribution in [0.4, 0.5) is 11.4 Å². The highest BCUT2D eigenvalue weighted by Gasteiger charge is 2.34. The van der Waals surface area contributed by atoms with Crippen molar-refractivity contribution in [3.05, 3.63) is 53.6 Å². The summed E-state index contributed by atoms with van der Waals surface area (Å²) in [6.45, 7) is 6.81. The van der Waals surface area contributed by atoms with Crippen LogP contribution in [-0.4, -0.2) is 37.4 Å². The molecule has 0 radical (unpaired) electrons. The van der Waals surface area contributed by atoms with Gasteiger partial charge < -0.3 is 20.3 Å². The quantitative estimate of drug-likeness (QED) is 0.683. The first-order chi connectivity index (χ1) is 14.9. The number of amides is 3. The number of carbonyl (C=O) groups excluding carboxylic acids is 3. The van der Waals surface area contributed by atoms with E-state index in [9.17, 15) is 14.4 Å². The SMILES string of the molecule is CCCNC(=O)[C@H]1CC(=O)N(c2ccc(OCC(=O)Nc3cccc(C)c3C)cc2)C1. The molecular weight excluding hydrogens is 394 g/mol. The molecule has 1 fully saturated rings. The predicted octanol–water partition coefficient (Wildman–Crippen LogP) is 3.20. The highest BCUT2D eigenvalue weighted by Crippen LogP contribution is 2.27. The van der Waals surface area contributed by atoms with Gasteiger partial charge in [0.25, 0.3) is 5.91 Å². The van der Waals surface area contributed by atoms with E-state index in [0.29, 0.717) is 24.5 Å². The standard InChI is InChI=1S/C24H29N3O4/c1-4-12-25-24(30)18-13-23(29)27(14-18)19-8-10-20(11-9-19)31-15-22(28)26-21-7-5-6-16(2)17(21)3/h5-11,18H,4,12-15H2,1-3H3,(H,25,30)(H,26,28)/t18-/m0/s1. The summed E-state index contributed by atoms with van der Waals surface area (Å²) in [4.78, 5) is 38.3. The second kappa shape index (κ2) is 10.1. The van der Waals surface area contributed by atoms with Gasteiger partial charge in [-0.05, 0) is 61.7 Å². The predicted molar refractivity (Wildman–Crippen MR) is 120 cm³/mol. The Morgan fingerprint density at radius 2 is 1.87 bits per heavy atom. The van der Waals surface area contributed by atoms with Gasteiger partial charge in [0.05, 0.1) is 5.92 Å². The summed E-state index contributed by atoms with van der Waals surface area (Å²) in [6, 6.07) is 12.7. The van der Waals surface area contributed by atoms with Gasteiger partial charge in [0.2, 0.25) is 11.8 Å². The fourth-order valence-electron chi connectivity index (χ4n) is 3.47. The van der Waals surface area contributed by atoms with Crippen LogP contribution >= 0.6 is 0 Å². The average molecular weight is 424 g/mol. The zero-order chi connectivity index (χ0) is 22.4. The summed E-state index contributed by atoms with van der Waals surface area (Å²) in [6.07, 6.45) is 1.08. The summed E-state index contributed by atoms with van der Waals surface area (Å²) in [5.41, 5.74) is 3.62. The third kappa shape index (κ3) is 5.63. The number of benzene rings is 2. The van der Waals surface area contributed by atoms with Crippen molar-refractivity contribution < 1.29 is 19.1 Å². The Kier molecular flexibility index (Phi) is 7.28. The maximum atomic E-state index is 12.4. The van der Waals surface area contributed by atoms with E-state index < -0.39 is 0 Å². The summed E-state index contributed by atoms with van der Waals surface area (Å²) < 4.78 is 5.58. The molecule has 0 aromatic heterocycles. The van der Waals surface area contributed by atoms with E-state index >= 15 is 0 Å². The molecule has 1 saturated heterocycles. The zero-order valence-electron chi connectivity index (χ0n) is 18.2. The second-order valence-corrected chi connectivity index (χ2v) is 7.77. The summed E-state index contributed by atoms with van der Waals surface area (Å²) in [5.74, 6) is -0.188. The van der Waals surface area contributed by atoms with Gasteiger partial charge in [-0.1, -0.05) is 19.1 Å². The molecule has 1 aliphatic heterocycles. The largest absolute Gasteiger partial charge is 0.484 e. The molecule has 2 aromatic rings. The monoisotopic (exact) mass is 423 g/mol. The van der Waals surface area contributed by atoms with E-state index in [-0.39, 0.29) is 36.7 Å². The first-order valence-corrected chi connectivity index (χ1v) is 10.6. The summed E-state index contributed by atoms with van der Waals surface area (Å²) in [7, 11) is 0. The number of rotatable bonds is 8. The number of hydrogen-bond acceptors (Lipinski definition) is 4. The van der Waals surface area contributed by atoms with Gasteiger partial charge in [0, 0.05) is 30.9 Å². The third-order valence-corrected chi connectivity index (χ3v) is 5.44. The molecule has 0 unspecified atom stereocenters. The molecule has 3 rings (SSSR count). The van der Waals surface area contributed by atoms with Crippen LogP contribution in [0.15, 0.2) is 42.5 Å². The van der Waals surface area contributed by atoms with Gasteiger partial charge >= 0.3 is 0 Å². The molecule has 1 heterocycles. The smallest absolute Gasteiger partial charge is 0.262 e. The van der Waals surface area contributed by atoms with Crippen molar-refractivity contribution in [2.75, 3.05) is 29.9 Å². The van der Waals surface area contributed by atoms with E-state index in [1.165, 1.54) is 0 Å². The zero-order valence-corrected chi connectivity index (χ0v) is 18.2. The number of nitrogens with one attached hydrogen (secondary N) is 2. The topological polar surface area (TPSA) is 87.7 Å². The number of ether oxygens (including phenoxy) is 1. The Hall–Kier alpha value is -3.35. The molecule has 1 atom stereocenters. The van der Waals surface area contributed by atoms with E-state index in [4.69, 9.17) is 4.74 Å². The van der Waals surface area contributed by atoms with Crippen LogP contribution in [0.2, 0.25) is 0 Å². The highest BCUT2D eigenvalue weighted by molar-refractivity contribution is 6.00. The Bertz CT molecular complexity index is 956. The molecule has 0 bridgehead atoms. The molecule has 2 aromatic carbocycles. The molecule has 0 spiro atoms. The van der Waals surface area contributed by atoms with Crippen molar-refractivity contribution in [2.24, 2.45) is 5.92 Å². The Labute approximate surface area is 182 Å². The van der Waals surface area contributed by atoms with Crippen molar-refractivity contribution in [3.8, 4) is 5.75 Å². The lowest BCUT2D eigenvalue weighted by atomic mass is 10.1. The van der Waals surface area contributed by atoms with Crippen molar-refractivity contribution in [3.63, 3.8) is 0 Å². The fraction of sp³-hybridized carbons (Fsp3) is 0.375. The van der Waals surface area contributed by atoms with Crippen LogP contribution in [0.1, 0.15) is 30.9 Å². The molecular formula is C24H29N3O4. The molecule has 3 amide bonds.